The summed E-state index contributed by atoms with van der Waals surface area (Å²) in [5, 5.41) is 2.30. The monoisotopic (exact) mass is 389 g/mol. The fourth-order valence-corrected chi connectivity index (χ4v) is 3.95. The van der Waals surface area contributed by atoms with Gasteiger partial charge >= 0.3 is 0 Å². The van der Waals surface area contributed by atoms with E-state index in [2.05, 4.69) is 32.0 Å². The van der Waals surface area contributed by atoms with E-state index in [1.165, 1.54) is 5.39 Å². The van der Waals surface area contributed by atoms with E-state index in [-0.39, 0.29) is 0 Å². The highest BCUT2D eigenvalue weighted by Crippen LogP contribution is 2.40. The average molecular weight is 390 g/mol. The van der Waals surface area contributed by atoms with E-state index in [4.69, 9.17) is 10.5 Å². The van der Waals surface area contributed by atoms with Crippen molar-refractivity contribution in [2.24, 2.45) is 5.73 Å². The maximum atomic E-state index is 12.7. The van der Waals surface area contributed by atoms with Crippen LogP contribution in [0.25, 0.3) is 10.8 Å². The zero-order chi connectivity index (χ0) is 20.6. The van der Waals surface area contributed by atoms with Gasteiger partial charge in [0.25, 0.3) is 5.91 Å². The highest BCUT2D eigenvalue weighted by molar-refractivity contribution is 6.05. The number of nitrogens with two attached hydrogens (primary N) is 1. The molecule has 1 amide bonds. The Labute approximate surface area is 173 Å². The lowest BCUT2D eigenvalue weighted by Crippen LogP contribution is -2.17. The highest BCUT2D eigenvalue weighted by Gasteiger charge is 2.24. The number of unbranched alkanes of at least 4 members (excludes halogenated alkanes) is 3. The summed E-state index contributed by atoms with van der Waals surface area (Å²) in [6.45, 7) is 4.36. The Kier molecular flexibility index (Phi) is 7.29. The Morgan fingerprint density at radius 1 is 0.793 bits per heavy atom. The number of benzene rings is 3. The minimum atomic E-state index is -0.412. The molecule has 0 spiro atoms. The van der Waals surface area contributed by atoms with Gasteiger partial charge in [-0.1, -0.05) is 75.6 Å². The van der Waals surface area contributed by atoms with Gasteiger partial charge in [0, 0.05) is 5.56 Å². The fraction of sp³-hybridized carbons (Fsp3) is 0.346. The largest absolute Gasteiger partial charge is 0.456 e. The van der Waals surface area contributed by atoms with E-state index in [1.54, 1.807) is 0 Å². The minimum Gasteiger partial charge on any atom is -0.456 e. The summed E-state index contributed by atoms with van der Waals surface area (Å²) >= 11 is 0. The number of ether oxygens (including phenoxy) is 1. The molecule has 152 valence electrons. The highest BCUT2D eigenvalue weighted by atomic mass is 16.5. The fourth-order valence-electron chi connectivity index (χ4n) is 3.95. The third-order valence-corrected chi connectivity index (χ3v) is 5.40. The Morgan fingerprint density at radius 3 is 2.00 bits per heavy atom. The van der Waals surface area contributed by atoms with Crippen LogP contribution in [0, 0.1) is 0 Å². The average Bonchev–Trinajstić information content (AvgIpc) is 2.74. The van der Waals surface area contributed by atoms with Crippen molar-refractivity contribution in [3.63, 3.8) is 0 Å². The molecule has 0 saturated heterocycles. The predicted octanol–water partition coefficient (Wildman–Crippen LogP) is 6.81. The van der Waals surface area contributed by atoms with Crippen molar-refractivity contribution in [2.45, 2.75) is 58.8 Å². The predicted molar refractivity (Wildman–Crippen MR) is 121 cm³/mol. The van der Waals surface area contributed by atoms with Crippen molar-refractivity contribution in [2.75, 3.05) is 0 Å². The number of aryl methyl sites for hydroxylation is 2. The van der Waals surface area contributed by atoms with Crippen LogP contribution in [0.5, 0.6) is 11.5 Å². The van der Waals surface area contributed by atoms with Gasteiger partial charge in [0.1, 0.15) is 11.5 Å². The first-order valence-corrected chi connectivity index (χ1v) is 10.8. The van der Waals surface area contributed by atoms with Crippen LogP contribution in [0.1, 0.15) is 67.4 Å². The molecule has 3 nitrogen and oxygen atoms in total. The normalized spacial score (nSPS) is 11.0. The summed E-state index contributed by atoms with van der Waals surface area (Å²) in [4.78, 5) is 12.7. The first-order chi connectivity index (χ1) is 14.2. The number of hydrogen-bond acceptors (Lipinski definition) is 2. The molecule has 0 fully saturated rings. The maximum Gasteiger partial charge on any atom is 0.252 e. The van der Waals surface area contributed by atoms with Crippen LogP contribution in [-0.2, 0) is 12.8 Å². The lowest BCUT2D eigenvalue weighted by molar-refractivity contribution is 0.0997. The lowest BCUT2D eigenvalue weighted by atomic mass is 9.88. The second-order valence-corrected chi connectivity index (χ2v) is 7.55. The SMILES string of the molecule is CCCCCc1c(Oc2ccccc2)c(C(N)=O)c(CCCC)c2ccccc12. The Hall–Kier alpha value is -2.81. The van der Waals surface area contributed by atoms with Crippen LogP contribution in [0.3, 0.4) is 0 Å². The molecule has 0 aliphatic rings. The third kappa shape index (κ3) is 4.79. The van der Waals surface area contributed by atoms with Crippen LogP contribution < -0.4 is 10.5 Å². The second kappa shape index (κ2) is 10.1. The van der Waals surface area contributed by atoms with Gasteiger partial charge in [-0.05, 0) is 54.2 Å². The molecule has 0 aliphatic heterocycles. The van der Waals surface area contributed by atoms with Crippen LogP contribution in [0.4, 0.5) is 0 Å². The molecule has 0 aliphatic carbocycles. The molecular weight excluding hydrogens is 358 g/mol. The Morgan fingerprint density at radius 2 is 1.38 bits per heavy atom. The van der Waals surface area contributed by atoms with Crippen molar-refractivity contribution >= 4 is 16.7 Å². The molecule has 0 atom stereocenters. The van der Waals surface area contributed by atoms with Gasteiger partial charge in [-0.2, -0.15) is 0 Å². The van der Waals surface area contributed by atoms with Gasteiger partial charge in [0.05, 0.1) is 5.56 Å². The summed E-state index contributed by atoms with van der Waals surface area (Å²) in [6.07, 6.45) is 7.08. The maximum absolute atomic E-state index is 12.7. The molecule has 3 aromatic rings. The molecule has 0 heterocycles. The van der Waals surface area contributed by atoms with Crippen LogP contribution in [0.2, 0.25) is 0 Å². The summed E-state index contributed by atoms with van der Waals surface area (Å²) in [5.74, 6) is 0.956. The van der Waals surface area contributed by atoms with Crippen molar-refractivity contribution in [3.8, 4) is 11.5 Å². The van der Waals surface area contributed by atoms with Gasteiger partial charge in [-0.15, -0.1) is 0 Å². The van der Waals surface area contributed by atoms with Crippen molar-refractivity contribution < 1.29 is 9.53 Å². The van der Waals surface area contributed by atoms with E-state index in [1.807, 2.05) is 36.4 Å². The van der Waals surface area contributed by atoms with Crippen molar-refractivity contribution in [1.82, 2.24) is 0 Å². The van der Waals surface area contributed by atoms with E-state index < -0.39 is 5.91 Å². The molecule has 0 bridgehead atoms. The van der Waals surface area contributed by atoms with E-state index in [0.717, 1.165) is 67.2 Å². The summed E-state index contributed by atoms with van der Waals surface area (Å²) in [5.41, 5.74) is 8.59. The first-order valence-electron chi connectivity index (χ1n) is 10.8. The number of carbonyl (C=O) groups is 1. The van der Waals surface area contributed by atoms with Crippen LogP contribution in [0.15, 0.2) is 54.6 Å². The van der Waals surface area contributed by atoms with Crippen LogP contribution >= 0.6 is 0 Å². The quantitative estimate of drug-likeness (QED) is 0.387. The smallest absolute Gasteiger partial charge is 0.252 e. The number of para-hydroxylation sites is 1. The molecular formula is C26H31NO2. The topological polar surface area (TPSA) is 52.3 Å². The molecule has 2 N–H and O–H groups in total. The number of primary amides is 1. The van der Waals surface area contributed by atoms with Crippen LogP contribution in [-0.4, -0.2) is 5.91 Å². The van der Waals surface area contributed by atoms with E-state index >= 15 is 0 Å². The Balaban J connectivity index is 2.27. The molecule has 29 heavy (non-hydrogen) atoms. The number of carbonyl (C=O) groups excluding carboxylic acids is 1. The minimum absolute atomic E-state index is 0.412. The summed E-state index contributed by atoms with van der Waals surface area (Å²) in [6, 6.07) is 18.0. The Bertz CT molecular complexity index is 963. The van der Waals surface area contributed by atoms with Gasteiger partial charge in [0.15, 0.2) is 0 Å². The third-order valence-electron chi connectivity index (χ3n) is 5.40. The van der Waals surface area contributed by atoms with Gasteiger partial charge in [0.2, 0.25) is 0 Å². The molecule has 3 rings (SSSR count). The summed E-state index contributed by atoms with van der Waals surface area (Å²) < 4.78 is 6.36. The second-order valence-electron chi connectivity index (χ2n) is 7.55. The lowest BCUT2D eigenvalue weighted by Gasteiger charge is -2.21. The molecule has 0 saturated carbocycles. The van der Waals surface area contributed by atoms with E-state index in [9.17, 15) is 4.79 Å². The number of rotatable bonds is 10. The molecule has 3 heteroatoms. The molecule has 0 unspecified atom stereocenters. The molecule has 3 aromatic carbocycles. The molecule has 0 radical (unpaired) electrons. The number of amides is 1. The van der Waals surface area contributed by atoms with Gasteiger partial charge in [-0.25, -0.2) is 0 Å². The van der Waals surface area contributed by atoms with Crippen molar-refractivity contribution in [3.05, 3.63) is 71.3 Å². The molecule has 0 aromatic heterocycles. The standard InChI is InChI=1S/C26H31NO2/c1-3-5-8-18-23-21-17-12-11-16-20(21)22(15-6-4-2)24(26(27)28)25(23)29-19-13-9-7-10-14-19/h7,9-14,16-17H,3-6,8,15,18H2,1-2H3,(H2,27,28). The van der Waals surface area contributed by atoms with Gasteiger partial charge < -0.3 is 10.5 Å². The summed E-state index contributed by atoms with van der Waals surface area (Å²) in [7, 11) is 0. The number of fused-ring (bicyclic) bond motifs is 1. The zero-order valence-corrected chi connectivity index (χ0v) is 17.5. The van der Waals surface area contributed by atoms with E-state index in [0.29, 0.717) is 11.3 Å². The van der Waals surface area contributed by atoms with Gasteiger partial charge in [-0.3, -0.25) is 4.79 Å². The van der Waals surface area contributed by atoms with Crippen molar-refractivity contribution in [1.29, 1.82) is 0 Å². The number of hydrogen-bond donors (Lipinski definition) is 1. The first kappa shape index (κ1) is 20.9. The zero-order valence-electron chi connectivity index (χ0n) is 17.5.